The summed E-state index contributed by atoms with van der Waals surface area (Å²) < 4.78 is 10.7. The molecular weight excluding hydrogens is 1390 g/mol. The number of amides is 3. The summed E-state index contributed by atoms with van der Waals surface area (Å²) in [4.78, 5) is 125. The van der Waals surface area contributed by atoms with Crippen molar-refractivity contribution in [3.05, 3.63) is 215 Å². The lowest BCUT2D eigenvalue weighted by atomic mass is 10.1. The molecule has 1 aliphatic heterocycles. The van der Waals surface area contributed by atoms with Crippen LogP contribution in [0.1, 0.15) is 122 Å². The summed E-state index contributed by atoms with van der Waals surface area (Å²) in [5, 5.41) is 52.9. The van der Waals surface area contributed by atoms with Gasteiger partial charge < -0.3 is 44.9 Å². The van der Waals surface area contributed by atoms with Crippen molar-refractivity contribution in [3.8, 4) is 0 Å². The van der Waals surface area contributed by atoms with Crippen molar-refractivity contribution in [2.75, 3.05) is 46.1 Å². The summed E-state index contributed by atoms with van der Waals surface area (Å²) in [7, 11) is 0. The molecule has 0 aromatic heterocycles. The average molecular weight is 1500 g/mol. The van der Waals surface area contributed by atoms with Crippen molar-refractivity contribution in [1.82, 2.24) is 21.1 Å². The first kappa shape index (κ1) is 98.6. The number of hydroxylamine groups is 6. The number of carboxylic acid groups (broad SMARTS) is 4. The molecule has 7 atom stereocenters. The lowest BCUT2D eigenvalue weighted by Crippen LogP contribution is -2.50. The number of carbonyl (C=O) groups excluding carboxylic acids is 6. The maximum atomic E-state index is 11.2. The van der Waals surface area contributed by atoms with E-state index in [4.69, 9.17) is 71.1 Å². The normalized spacial score (nSPS) is 13.0. The highest BCUT2D eigenvalue weighted by Gasteiger charge is 2.34. The molecule has 3 amide bonds. The fourth-order valence-electron chi connectivity index (χ4n) is 6.65. The Kier molecular flexibility index (Phi) is 58.5. The molecular formula is C79H109ClN4O22. The van der Waals surface area contributed by atoms with E-state index in [-0.39, 0.29) is 73.4 Å². The van der Waals surface area contributed by atoms with Crippen molar-refractivity contribution in [1.29, 1.82) is 0 Å². The van der Waals surface area contributed by atoms with Gasteiger partial charge in [0.25, 0.3) is 5.91 Å². The third kappa shape index (κ3) is 54.2. The molecule has 0 saturated carbocycles. The van der Waals surface area contributed by atoms with Gasteiger partial charge in [-0.1, -0.05) is 230 Å². The lowest BCUT2D eigenvalue weighted by molar-refractivity contribution is -0.224. The summed E-state index contributed by atoms with van der Waals surface area (Å²) >= 11 is 4.82. The fourth-order valence-corrected chi connectivity index (χ4v) is 6.65. The molecule has 0 aliphatic carbocycles. The molecule has 1 saturated heterocycles. The molecule has 27 heteroatoms. The number of Topliss-reactive ketones (excluding diaryl/α,β-unsaturated/α-hetero) is 2. The molecule has 6 aromatic carbocycles. The Balaban J connectivity index is 0. The van der Waals surface area contributed by atoms with Gasteiger partial charge in [0.05, 0.1) is 101 Å². The molecule has 0 radical (unpaired) electrons. The molecule has 1 heterocycles. The highest BCUT2D eigenvalue weighted by atomic mass is 35.5. The Bertz CT molecular complexity index is 3240. The van der Waals surface area contributed by atoms with Gasteiger partial charge in [-0.3, -0.25) is 62.5 Å². The van der Waals surface area contributed by atoms with Crippen molar-refractivity contribution in [2.45, 2.75) is 129 Å². The monoisotopic (exact) mass is 1500 g/mol. The minimum absolute atomic E-state index is 0.00119. The van der Waals surface area contributed by atoms with Crippen molar-refractivity contribution in [2.24, 2.45) is 41.4 Å². The summed E-state index contributed by atoms with van der Waals surface area (Å²) in [6.07, 6.45) is 1.59. The lowest BCUT2D eigenvalue weighted by Gasteiger charge is -2.34. The third-order valence-corrected chi connectivity index (χ3v) is 14.4. The highest BCUT2D eigenvalue weighted by molar-refractivity contribution is 6.63. The third-order valence-electron chi connectivity index (χ3n) is 14.1. The van der Waals surface area contributed by atoms with Gasteiger partial charge in [0.15, 0.2) is 0 Å². The number of ketones is 2. The molecule has 1 aliphatic rings. The Hall–Kier alpha value is -9.45. The van der Waals surface area contributed by atoms with Crippen LogP contribution in [0.5, 0.6) is 0 Å². The van der Waals surface area contributed by atoms with Crippen LogP contribution in [-0.4, -0.2) is 146 Å². The second-order valence-electron chi connectivity index (χ2n) is 23.9. The van der Waals surface area contributed by atoms with E-state index in [1.54, 1.807) is 41.5 Å². The van der Waals surface area contributed by atoms with Gasteiger partial charge >= 0.3 is 23.9 Å². The van der Waals surface area contributed by atoms with Gasteiger partial charge in [-0.05, 0) is 72.7 Å². The maximum absolute atomic E-state index is 11.2. The zero-order chi connectivity index (χ0) is 80.0. The Morgan fingerprint density at radius 2 is 0.840 bits per heavy atom. The summed E-state index contributed by atoms with van der Waals surface area (Å²) in [6, 6.07) is 58.0. The quantitative estimate of drug-likeness (QED) is 0.00602. The molecule has 106 heavy (non-hydrogen) atoms. The van der Waals surface area contributed by atoms with Crippen LogP contribution < -0.4 is 11.0 Å². The second-order valence-corrected chi connectivity index (χ2v) is 24.3. The number of aliphatic carboxylic acids is 4. The molecule has 0 unspecified atom stereocenters. The number of ether oxygens (including phenoxy) is 2. The number of carbonyl (C=O) groups is 10. The van der Waals surface area contributed by atoms with E-state index in [0.29, 0.717) is 72.0 Å². The van der Waals surface area contributed by atoms with Gasteiger partial charge in [-0.25, -0.2) is 21.1 Å². The van der Waals surface area contributed by atoms with Crippen LogP contribution in [0.15, 0.2) is 182 Å². The highest BCUT2D eigenvalue weighted by Crippen LogP contribution is 2.18. The van der Waals surface area contributed by atoms with E-state index < -0.39 is 53.5 Å². The van der Waals surface area contributed by atoms with E-state index in [9.17, 15) is 47.9 Å². The van der Waals surface area contributed by atoms with Crippen molar-refractivity contribution in [3.63, 3.8) is 0 Å². The number of nitrogens with one attached hydrogen (secondary N) is 2. The maximum Gasteiger partial charge on any atom is 0.308 e. The number of aliphatic hydroxyl groups excluding tert-OH is 2. The summed E-state index contributed by atoms with van der Waals surface area (Å²) in [6.45, 7) is 22.3. The number of hydrogen-bond acceptors (Lipinski definition) is 19. The zero-order valence-corrected chi connectivity index (χ0v) is 63.3. The number of benzene rings is 6. The van der Waals surface area contributed by atoms with Gasteiger partial charge in [-0.2, -0.15) is 0 Å². The van der Waals surface area contributed by atoms with Crippen LogP contribution in [0, 0.1) is 41.4 Å². The summed E-state index contributed by atoms with van der Waals surface area (Å²) in [5.41, 5.74) is 11.2. The van der Waals surface area contributed by atoms with Crippen molar-refractivity contribution >= 4 is 70.5 Å². The van der Waals surface area contributed by atoms with Crippen LogP contribution in [-0.2, 0) is 116 Å². The van der Waals surface area contributed by atoms with Crippen LogP contribution >= 0.6 is 11.6 Å². The largest absolute Gasteiger partial charge is 0.481 e. The van der Waals surface area contributed by atoms with Crippen LogP contribution in [0.3, 0.4) is 0 Å². The average Bonchev–Trinajstić information content (AvgIpc) is 0.831. The number of β-lactam (4-membered cyclic amide) rings is 1. The topological polar surface area (TPSA) is 378 Å². The predicted molar refractivity (Wildman–Crippen MR) is 399 cm³/mol. The van der Waals surface area contributed by atoms with E-state index in [1.807, 2.05) is 203 Å². The number of rotatable bonds is 35. The number of halogens is 1. The summed E-state index contributed by atoms with van der Waals surface area (Å²) in [5.74, 6) is -5.84. The van der Waals surface area contributed by atoms with Gasteiger partial charge in [0, 0.05) is 25.3 Å². The molecule has 26 nitrogen and oxygen atoms in total. The Labute approximate surface area is 627 Å². The first-order chi connectivity index (χ1) is 50.5. The molecule has 0 spiro atoms. The molecule has 584 valence electrons. The van der Waals surface area contributed by atoms with E-state index in [2.05, 4.69) is 11.0 Å². The zero-order valence-electron chi connectivity index (χ0n) is 62.5. The Morgan fingerprint density at radius 1 is 0.500 bits per heavy atom. The van der Waals surface area contributed by atoms with E-state index in [1.165, 1.54) is 18.9 Å². The van der Waals surface area contributed by atoms with Crippen molar-refractivity contribution < 1.29 is 107 Å². The molecule has 0 bridgehead atoms. The predicted octanol–water partition coefficient (Wildman–Crippen LogP) is 11.4. The number of carboxylic acids is 4. The molecule has 1 fully saturated rings. The Morgan fingerprint density at radius 3 is 1.14 bits per heavy atom. The van der Waals surface area contributed by atoms with Crippen LogP contribution in [0.4, 0.5) is 0 Å². The van der Waals surface area contributed by atoms with Gasteiger partial charge in [-0.15, -0.1) is 0 Å². The van der Waals surface area contributed by atoms with E-state index >= 15 is 0 Å². The second kappa shape index (κ2) is 62.9. The minimum Gasteiger partial charge on any atom is -0.481 e. The van der Waals surface area contributed by atoms with Gasteiger partial charge in [0.2, 0.25) is 17.6 Å². The molecule has 7 rings (SSSR count). The smallest absolute Gasteiger partial charge is 0.308 e. The molecule has 6 aromatic rings. The number of hydrogen-bond donors (Lipinski definition) is 8. The van der Waals surface area contributed by atoms with Crippen LogP contribution in [0.25, 0.3) is 0 Å². The SMILES string of the molecule is CC(=O)[C@@H](C)COCc1ccccc1.CCC(=O)Cl.CCC(C)=O.C[C@@H](CN(C=O)OCc1ccccc1)C(=O)O.C[C@@H](CNOCc1ccccc1)C(=O)O.C[C@@H](CO)C(=O)NOCc1ccccc1.C[C@@H](CO)C(=O)O.C[C@@H](COCc1ccccc1)C(=O)O.C[C@H]1CN(OCc2ccccc2)C1=O. The van der Waals surface area contributed by atoms with Crippen LogP contribution in [0.2, 0.25) is 0 Å². The van der Waals surface area contributed by atoms with E-state index in [0.717, 1.165) is 38.4 Å². The van der Waals surface area contributed by atoms with Gasteiger partial charge in [0.1, 0.15) is 24.8 Å². The molecule has 8 N–H and O–H groups in total. The minimum atomic E-state index is -0.958. The standard InChI is InChI=1S/C12H15NO4.C12H16O2.2C11H15NO3.C11H13NO2.C11H14O3.C4H8O3.C4H8O.C3H5ClO/c1-10(12(15)16)7-13(9-14)17-8-11-5-3-2-4-6-11;1-10(11(2)13)8-14-9-12-6-4-3-5-7-12;1-9(7-13)11(14)12-15-8-10-5-3-2-4-6-10;1-9(11(13)14)7-12-15-8-10-5-3-2-4-6-10;1-9-7-12(11(9)13)14-8-10-5-3-2-4-6-10;1-9(11(12)13)7-14-8-10-5-3-2-4-6-10;1-3(2-5)4(6)7;1-3-4(2)5;1-2-3(4)5/h2-6,9-10H,7-8H2,1H3,(H,15,16);3-7,10H,8-9H2,1-2H3;2-6,9,13H,7-8H2,1H3,(H,12,14);2-6,9,12H,7-8H2,1H3,(H,13,14);2-6,9H,7-8H2,1H3;2-6,9H,7-8H2,1H3,(H,12,13);3,5H,2H2,1H3,(H,6,7);3H2,1-2H3;2H2,1H3/t2*10-;4*9-;3-;;/m0000000../s1. The first-order valence-corrected chi connectivity index (χ1v) is 34.6. The fraction of sp³-hybridized carbons (Fsp3) is 0.418. The number of aliphatic hydroxyl groups is 2. The number of nitrogens with zero attached hydrogens (tertiary/aromatic N) is 2. The first-order valence-electron chi connectivity index (χ1n) is 34.2.